The van der Waals surface area contributed by atoms with E-state index >= 15 is 4.39 Å². The molecule has 9 heteroatoms. The van der Waals surface area contributed by atoms with Crippen LogP contribution in [-0.2, 0) is 16.1 Å². The van der Waals surface area contributed by atoms with Crippen molar-refractivity contribution in [2.45, 2.75) is 57.5 Å². The number of rotatable bonds is 9. The molecule has 0 amide bonds. The summed E-state index contributed by atoms with van der Waals surface area (Å²) >= 11 is 0. The number of hydrogen-bond donors (Lipinski definition) is 3. The number of hydrogen-bond acceptors (Lipinski definition) is 7. The molecular formula is C31H33FO8. The molecule has 2 heterocycles. The number of aliphatic hydroxyl groups is 2. The summed E-state index contributed by atoms with van der Waals surface area (Å²) in [5.41, 5.74) is 4.58. The minimum absolute atomic E-state index is 0.0155. The van der Waals surface area contributed by atoms with Crippen LogP contribution in [0.1, 0.15) is 41.0 Å². The minimum atomic E-state index is -0.878. The first-order valence-electron chi connectivity index (χ1n) is 13.3. The van der Waals surface area contributed by atoms with Crippen LogP contribution in [0.15, 0.2) is 48.5 Å². The van der Waals surface area contributed by atoms with E-state index in [-0.39, 0.29) is 44.1 Å². The largest absolute Gasteiger partial charge is 0.492 e. The first-order chi connectivity index (χ1) is 19.2. The number of benzene rings is 3. The molecule has 0 aliphatic carbocycles. The fraction of sp³-hybridized carbons (Fsp3) is 0.387. The average molecular weight is 553 g/mol. The molecule has 1 fully saturated rings. The van der Waals surface area contributed by atoms with E-state index in [1.54, 1.807) is 24.3 Å². The van der Waals surface area contributed by atoms with Gasteiger partial charge in [-0.1, -0.05) is 12.1 Å². The predicted molar refractivity (Wildman–Crippen MR) is 144 cm³/mol. The van der Waals surface area contributed by atoms with Crippen molar-refractivity contribution in [3.05, 3.63) is 76.6 Å². The molecule has 212 valence electrons. The van der Waals surface area contributed by atoms with Crippen molar-refractivity contribution in [2.75, 3.05) is 19.8 Å². The van der Waals surface area contributed by atoms with Crippen molar-refractivity contribution in [1.82, 2.24) is 0 Å². The summed E-state index contributed by atoms with van der Waals surface area (Å²) in [5.74, 6) is 0.443. The number of aliphatic hydroxyl groups excluding tert-OH is 2. The Labute approximate surface area is 231 Å². The quantitative estimate of drug-likeness (QED) is 0.355. The Balaban J connectivity index is 1.26. The summed E-state index contributed by atoms with van der Waals surface area (Å²) in [5, 5.41) is 28.6. The van der Waals surface area contributed by atoms with Crippen LogP contribution < -0.4 is 14.2 Å². The molecule has 8 nitrogen and oxygen atoms in total. The average Bonchev–Trinajstić information content (AvgIpc) is 3.30. The van der Waals surface area contributed by atoms with E-state index < -0.39 is 18.2 Å². The highest BCUT2D eigenvalue weighted by Gasteiger charge is 2.29. The van der Waals surface area contributed by atoms with Crippen LogP contribution in [0.3, 0.4) is 0 Å². The van der Waals surface area contributed by atoms with Gasteiger partial charge in [0.2, 0.25) is 0 Å². The van der Waals surface area contributed by atoms with Gasteiger partial charge in [-0.3, -0.25) is 4.79 Å². The highest BCUT2D eigenvalue weighted by molar-refractivity contribution is 5.73. The van der Waals surface area contributed by atoms with E-state index in [2.05, 4.69) is 0 Å². The highest BCUT2D eigenvalue weighted by atomic mass is 19.1. The first-order valence-corrected chi connectivity index (χ1v) is 13.3. The van der Waals surface area contributed by atoms with E-state index in [9.17, 15) is 15.0 Å². The number of ether oxygens (including phenoxy) is 4. The smallest absolute Gasteiger partial charge is 0.304 e. The van der Waals surface area contributed by atoms with Gasteiger partial charge in [-0.2, -0.15) is 0 Å². The summed E-state index contributed by atoms with van der Waals surface area (Å²) in [6.45, 7) is 4.65. The van der Waals surface area contributed by atoms with Crippen LogP contribution in [0, 0.1) is 19.7 Å². The van der Waals surface area contributed by atoms with Gasteiger partial charge in [0.1, 0.15) is 42.4 Å². The van der Waals surface area contributed by atoms with E-state index in [0.717, 1.165) is 27.8 Å². The van der Waals surface area contributed by atoms with Gasteiger partial charge in [0.05, 0.1) is 31.8 Å². The van der Waals surface area contributed by atoms with Crippen LogP contribution in [0.5, 0.6) is 17.2 Å². The number of aryl methyl sites for hydroxylation is 2. The Hall–Kier alpha value is -3.66. The Morgan fingerprint density at radius 1 is 0.975 bits per heavy atom. The number of aliphatic carboxylic acids is 1. The van der Waals surface area contributed by atoms with Gasteiger partial charge in [-0.25, -0.2) is 4.39 Å². The molecule has 2 aliphatic rings. The zero-order valence-electron chi connectivity index (χ0n) is 22.4. The maximum absolute atomic E-state index is 15.0. The second-order valence-electron chi connectivity index (χ2n) is 10.5. The normalized spacial score (nSPS) is 21.9. The van der Waals surface area contributed by atoms with Gasteiger partial charge in [0.15, 0.2) is 0 Å². The molecule has 2 aliphatic heterocycles. The van der Waals surface area contributed by atoms with Crippen LogP contribution in [0.25, 0.3) is 11.1 Å². The monoisotopic (exact) mass is 552 g/mol. The lowest BCUT2D eigenvalue weighted by molar-refractivity contribution is -0.137. The number of carboxylic acid groups (broad SMARTS) is 1. The van der Waals surface area contributed by atoms with E-state index in [4.69, 9.17) is 24.1 Å². The molecule has 0 spiro atoms. The van der Waals surface area contributed by atoms with Crippen LogP contribution in [0.2, 0.25) is 0 Å². The molecule has 5 rings (SSSR count). The van der Waals surface area contributed by atoms with Crippen LogP contribution >= 0.6 is 0 Å². The molecule has 1 saturated heterocycles. The first kappa shape index (κ1) is 27.9. The van der Waals surface area contributed by atoms with Gasteiger partial charge in [0, 0.05) is 29.5 Å². The topological polar surface area (TPSA) is 115 Å². The second-order valence-corrected chi connectivity index (χ2v) is 10.5. The number of halogens is 1. The van der Waals surface area contributed by atoms with Gasteiger partial charge in [0.25, 0.3) is 0 Å². The number of fused-ring (bicyclic) bond motifs is 1. The molecule has 0 aromatic heterocycles. The van der Waals surface area contributed by atoms with Crippen molar-refractivity contribution >= 4 is 5.97 Å². The molecule has 0 bridgehead atoms. The maximum atomic E-state index is 15.0. The molecule has 0 radical (unpaired) electrons. The summed E-state index contributed by atoms with van der Waals surface area (Å²) in [7, 11) is 0. The third-order valence-electron chi connectivity index (χ3n) is 7.38. The van der Waals surface area contributed by atoms with E-state index in [0.29, 0.717) is 35.8 Å². The summed E-state index contributed by atoms with van der Waals surface area (Å²) in [6.07, 6.45) is -1.73. The van der Waals surface area contributed by atoms with E-state index in [1.807, 2.05) is 32.0 Å². The van der Waals surface area contributed by atoms with Crippen molar-refractivity contribution in [1.29, 1.82) is 0 Å². The summed E-state index contributed by atoms with van der Waals surface area (Å²) in [4.78, 5) is 11.1. The maximum Gasteiger partial charge on any atom is 0.304 e. The molecule has 3 N–H and O–H groups in total. The van der Waals surface area contributed by atoms with Crippen molar-refractivity contribution < 1.29 is 43.5 Å². The molecule has 3 aromatic rings. The van der Waals surface area contributed by atoms with Gasteiger partial charge in [-0.15, -0.1) is 0 Å². The van der Waals surface area contributed by atoms with Crippen LogP contribution in [0.4, 0.5) is 4.39 Å². The zero-order valence-corrected chi connectivity index (χ0v) is 22.4. The van der Waals surface area contributed by atoms with E-state index in [1.165, 1.54) is 6.07 Å². The van der Waals surface area contributed by atoms with Gasteiger partial charge < -0.3 is 34.3 Å². The minimum Gasteiger partial charge on any atom is -0.492 e. The Kier molecular flexibility index (Phi) is 8.25. The lowest BCUT2D eigenvalue weighted by Gasteiger charge is -2.30. The van der Waals surface area contributed by atoms with Gasteiger partial charge >= 0.3 is 5.97 Å². The third kappa shape index (κ3) is 6.22. The Morgan fingerprint density at radius 3 is 2.48 bits per heavy atom. The summed E-state index contributed by atoms with van der Waals surface area (Å²) in [6, 6.07) is 14.0. The molecule has 4 atom stereocenters. The van der Waals surface area contributed by atoms with Crippen molar-refractivity contribution in [3.63, 3.8) is 0 Å². The van der Waals surface area contributed by atoms with Crippen molar-refractivity contribution in [3.8, 4) is 28.4 Å². The standard InChI is InChI=1S/C31H33FO8/c1-17-7-22(38-15-23-11-27(33)28(34)16-39-23)8-18(2)31(17)25-9-19(3-6-26(25)32)13-37-21-4-5-24-20(10-30(35)36)14-40-29(24)12-21/h3-9,12,20,23,27-28,33-34H,10-11,13-16H2,1-2H3,(H,35,36)/t20?,23-,27-,28+/m0/s1. The van der Waals surface area contributed by atoms with Crippen LogP contribution in [-0.4, -0.2) is 59.4 Å². The third-order valence-corrected chi connectivity index (χ3v) is 7.38. The lowest BCUT2D eigenvalue weighted by Crippen LogP contribution is -2.43. The highest BCUT2D eigenvalue weighted by Crippen LogP contribution is 2.39. The SMILES string of the molecule is Cc1cc(OC[C@@H]2C[C@H](O)[C@H](O)CO2)cc(C)c1-c1cc(COc2ccc3c(c2)OCC3CC(=O)O)ccc1F. The number of carbonyl (C=O) groups is 1. The molecule has 3 aromatic carbocycles. The number of carboxylic acids is 1. The molecular weight excluding hydrogens is 519 g/mol. The predicted octanol–water partition coefficient (Wildman–Crippen LogP) is 4.53. The molecule has 1 unspecified atom stereocenters. The fourth-order valence-electron chi connectivity index (χ4n) is 5.32. The van der Waals surface area contributed by atoms with Crippen molar-refractivity contribution in [2.24, 2.45) is 0 Å². The molecule has 0 saturated carbocycles. The Bertz CT molecular complexity index is 1370. The summed E-state index contributed by atoms with van der Waals surface area (Å²) < 4.78 is 38.1. The Morgan fingerprint density at radius 2 is 1.75 bits per heavy atom. The molecule has 40 heavy (non-hydrogen) atoms. The second kappa shape index (κ2) is 11.8. The fourth-order valence-corrected chi connectivity index (χ4v) is 5.32. The lowest BCUT2D eigenvalue weighted by atomic mass is 9.94. The zero-order chi connectivity index (χ0) is 28.4. The van der Waals surface area contributed by atoms with Gasteiger partial charge in [-0.05, 0) is 66.4 Å².